The quantitative estimate of drug-likeness (QED) is 0.382. The van der Waals surface area contributed by atoms with Crippen LogP contribution in [0.3, 0.4) is 0 Å². The van der Waals surface area contributed by atoms with Crippen LogP contribution in [-0.4, -0.2) is 33.2 Å². The summed E-state index contributed by atoms with van der Waals surface area (Å²) in [6.45, 7) is 18.6. The fraction of sp³-hybridized carbons (Fsp3) is 0.730. The first-order chi connectivity index (χ1) is 19.6. The Morgan fingerprint density at radius 3 is 2.33 bits per heavy atom. The number of carbonyl (C=O) groups excluding carboxylic acids is 1. The number of aliphatic hydroxyl groups is 1. The second kappa shape index (κ2) is 9.01. The van der Waals surface area contributed by atoms with E-state index in [4.69, 9.17) is 9.72 Å². The van der Waals surface area contributed by atoms with Gasteiger partial charge in [-0.2, -0.15) is 0 Å². The van der Waals surface area contributed by atoms with Crippen molar-refractivity contribution in [2.24, 2.45) is 39.9 Å². The van der Waals surface area contributed by atoms with E-state index < -0.39 is 0 Å². The lowest BCUT2D eigenvalue weighted by molar-refractivity contribution is -0.239. The Kier molecular flexibility index (Phi) is 6.25. The van der Waals surface area contributed by atoms with Crippen LogP contribution in [0.4, 0.5) is 0 Å². The molecule has 0 unspecified atom stereocenters. The van der Waals surface area contributed by atoms with Crippen LogP contribution in [0.2, 0.25) is 0 Å². The molecule has 1 aromatic carbocycles. The summed E-state index contributed by atoms with van der Waals surface area (Å²) in [5.74, 6) is 1.08. The highest BCUT2D eigenvalue weighted by atomic mass is 32.1. The van der Waals surface area contributed by atoms with E-state index in [1.165, 1.54) is 11.3 Å². The number of thiazole rings is 1. The highest BCUT2D eigenvalue weighted by molar-refractivity contribution is 7.15. The molecule has 0 amide bonds. The van der Waals surface area contributed by atoms with Crippen LogP contribution in [0, 0.1) is 39.9 Å². The number of aliphatic hydroxyl groups excluding tert-OH is 1. The molecule has 0 bridgehead atoms. The molecule has 4 aliphatic carbocycles. The predicted octanol–water partition coefficient (Wildman–Crippen LogP) is 8.40. The zero-order chi connectivity index (χ0) is 30.1. The van der Waals surface area contributed by atoms with Gasteiger partial charge in [-0.3, -0.25) is 4.79 Å². The smallest absolute Gasteiger partial charge is 0.138 e. The van der Waals surface area contributed by atoms with E-state index in [0.29, 0.717) is 18.1 Å². The third-order valence-electron chi connectivity index (χ3n) is 13.8. The number of ether oxygens (including phenoxy) is 1. The van der Waals surface area contributed by atoms with Gasteiger partial charge in [0, 0.05) is 28.2 Å². The Morgan fingerprint density at radius 2 is 1.64 bits per heavy atom. The Balaban J connectivity index is 1.29. The molecule has 2 heterocycles. The molecule has 3 saturated carbocycles. The lowest BCUT2D eigenvalue weighted by Crippen LogP contribution is -2.68. The molecule has 9 atom stereocenters. The van der Waals surface area contributed by atoms with Crippen molar-refractivity contribution in [1.82, 2.24) is 4.98 Å². The van der Waals surface area contributed by atoms with Gasteiger partial charge in [-0.1, -0.05) is 65.0 Å². The van der Waals surface area contributed by atoms with E-state index in [9.17, 15) is 9.90 Å². The topological polar surface area (TPSA) is 59.4 Å². The lowest BCUT2D eigenvalue weighted by atomic mass is 9.35. The first kappa shape index (κ1) is 29.2. The molecule has 1 saturated heterocycles. The van der Waals surface area contributed by atoms with Crippen LogP contribution in [0.1, 0.15) is 111 Å². The van der Waals surface area contributed by atoms with Gasteiger partial charge >= 0.3 is 0 Å². The van der Waals surface area contributed by atoms with Crippen molar-refractivity contribution in [2.75, 3.05) is 0 Å². The van der Waals surface area contributed by atoms with Crippen LogP contribution in [0.15, 0.2) is 30.3 Å². The van der Waals surface area contributed by atoms with Gasteiger partial charge < -0.3 is 9.84 Å². The van der Waals surface area contributed by atoms with E-state index in [0.717, 1.165) is 54.8 Å². The van der Waals surface area contributed by atoms with Crippen molar-refractivity contribution in [3.05, 3.63) is 40.9 Å². The maximum absolute atomic E-state index is 14.6. The summed E-state index contributed by atoms with van der Waals surface area (Å²) < 4.78 is 6.90. The fourth-order valence-electron chi connectivity index (χ4n) is 12.2. The van der Waals surface area contributed by atoms with Crippen molar-refractivity contribution >= 4 is 17.1 Å². The Morgan fingerprint density at radius 1 is 0.929 bits per heavy atom. The molecule has 0 radical (unpaired) electrons. The van der Waals surface area contributed by atoms with E-state index in [2.05, 4.69) is 79.7 Å². The average Bonchev–Trinajstić information content (AvgIpc) is 3.49. The van der Waals surface area contributed by atoms with Gasteiger partial charge in [0.25, 0.3) is 0 Å². The van der Waals surface area contributed by atoms with Crippen LogP contribution >= 0.6 is 11.3 Å². The van der Waals surface area contributed by atoms with Gasteiger partial charge in [-0.05, 0) is 99.7 Å². The molecule has 5 aliphatic rings. The highest BCUT2D eigenvalue weighted by Crippen LogP contribution is 2.75. The Labute approximate surface area is 257 Å². The number of rotatable bonds is 2. The van der Waals surface area contributed by atoms with Gasteiger partial charge in [0.1, 0.15) is 10.8 Å². The maximum Gasteiger partial charge on any atom is 0.138 e. The molecule has 7 rings (SSSR count). The molecular formula is C37H51NO3S. The first-order valence-electron chi connectivity index (χ1n) is 16.5. The van der Waals surface area contributed by atoms with Gasteiger partial charge in [0.05, 0.1) is 23.0 Å². The van der Waals surface area contributed by atoms with E-state index >= 15 is 0 Å². The highest BCUT2D eigenvalue weighted by Gasteiger charge is 2.73. The SMILES string of the molecule is CC1(C)CCC[C@](C)([C@H]2CC[C@]3(C)[C@@H]2[C@H](O)C[C@@H]2[C@@]4(C)Cc5sc(-c6ccccc6)nc5C(C)(C)[C@@H]4C(=O)C[C@]23C)O1. The Bertz CT molecular complexity index is 1410. The Hall–Kier alpha value is -1.56. The number of carbonyl (C=O) groups is 1. The normalized spacial score (nSPS) is 45.5. The summed E-state index contributed by atoms with van der Waals surface area (Å²) in [6, 6.07) is 10.5. The number of ketones is 1. The summed E-state index contributed by atoms with van der Waals surface area (Å²) in [6.07, 6.45) is 7.36. The molecule has 1 aliphatic heterocycles. The number of nitrogens with zero attached hydrogens (tertiary/aromatic N) is 1. The third kappa shape index (κ3) is 3.78. The minimum absolute atomic E-state index is 0.0918. The number of fused-ring (bicyclic) bond motifs is 6. The number of hydrogen-bond acceptors (Lipinski definition) is 5. The maximum atomic E-state index is 14.6. The van der Waals surface area contributed by atoms with Crippen molar-refractivity contribution in [3.63, 3.8) is 0 Å². The van der Waals surface area contributed by atoms with Gasteiger partial charge in [-0.25, -0.2) is 4.98 Å². The predicted molar refractivity (Wildman–Crippen MR) is 169 cm³/mol. The molecule has 2 aromatic rings. The summed E-state index contributed by atoms with van der Waals surface area (Å²) in [7, 11) is 0. The minimum Gasteiger partial charge on any atom is -0.393 e. The van der Waals surface area contributed by atoms with Crippen molar-refractivity contribution in [1.29, 1.82) is 0 Å². The molecule has 228 valence electrons. The molecule has 42 heavy (non-hydrogen) atoms. The number of aromatic nitrogens is 1. The largest absolute Gasteiger partial charge is 0.393 e. The van der Waals surface area contributed by atoms with Gasteiger partial charge in [-0.15, -0.1) is 11.3 Å². The molecule has 1 N–H and O–H groups in total. The summed E-state index contributed by atoms with van der Waals surface area (Å²) in [5.41, 5.74) is 1.09. The lowest BCUT2D eigenvalue weighted by Gasteiger charge is -2.69. The number of hydrogen-bond donors (Lipinski definition) is 1. The van der Waals surface area contributed by atoms with Gasteiger partial charge in [0.2, 0.25) is 0 Å². The zero-order valence-electron chi connectivity index (χ0n) is 27.0. The van der Waals surface area contributed by atoms with Crippen LogP contribution < -0.4 is 0 Å². The summed E-state index contributed by atoms with van der Waals surface area (Å²) >= 11 is 1.82. The summed E-state index contributed by atoms with van der Waals surface area (Å²) in [4.78, 5) is 21.2. The molecule has 4 nitrogen and oxygen atoms in total. The monoisotopic (exact) mass is 589 g/mol. The molecule has 4 fully saturated rings. The third-order valence-corrected chi connectivity index (χ3v) is 14.9. The second-order valence-electron chi connectivity index (χ2n) is 17.0. The number of benzene rings is 1. The summed E-state index contributed by atoms with van der Waals surface area (Å²) in [5, 5.41) is 13.3. The molecular weight excluding hydrogens is 538 g/mol. The first-order valence-corrected chi connectivity index (χ1v) is 17.3. The minimum atomic E-state index is -0.373. The standard InChI is InChI=1S/C37H51NO3S/c1-32(2)16-12-17-37(8,41-32)23-15-18-35(6)28(23)24(39)19-27-34(5)21-26-30(38-31(42-26)22-13-10-9-11-14-22)33(3,4)29(34)25(40)20-36(27,35)7/h9-11,13-14,23-24,27-29,39H,12,15-21H2,1-8H3/t23-,24+,27+,28-,29-,34+,35+,36+,37+/m0/s1. The van der Waals surface area contributed by atoms with Crippen LogP contribution in [-0.2, 0) is 21.4 Å². The zero-order valence-corrected chi connectivity index (χ0v) is 27.9. The average molecular weight is 590 g/mol. The number of Topliss-reactive ketones (excluding diaryl/α,β-unsaturated/α-hetero) is 1. The molecule has 1 aromatic heterocycles. The molecule has 0 spiro atoms. The second-order valence-corrected chi connectivity index (χ2v) is 18.1. The van der Waals surface area contributed by atoms with Crippen LogP contribution in [0.5, 0.6) is 0 Å². The van der Waals surface area contributed by atoms with Gasteiger partial charge in [0.15, 0.2) is 0 Å². The van der Waals surface area contributed by atoms with Crippen molar-refractivity contribution in [3.8, 4) is 10.6 Å². The molecule has 5 heteroatoms. The van der Waals surface area contributed by atoms with Crippen molar-refractivity contribution < 1.29 is 14.6 Å². The van der Waals surface area contributed by atoms with E-state index in [-0.39, 0.29) is 56.7 Å². The van der Waals surface area contributed by atoms with E-state index in [1.54, 1.807) is 0 Å². The van der Waals surface area contributed by atoms with Crippen molar-refractivity contribution in [2.45, 2.75) is 129 Å². The van der Waals surface area contributed by atoms with Crippen LogP contribution in [0.25, 0.3) is 10.6 Å². The fourth-order valence-corrected chi connectivity index (χ4v) is 13.6. The van der Waals surface area contributed by atoms with E-state index in [1.807, 2.05) is 17.4 Å².